The molecule has 0 amide bonds. The normalized spacial score (nSPS) is 13.3. The number of hydrogen-bond donors (Lipinski definition) is 1. The maximum atomic E-state index is 12.4. The topological polar surface area (TPSA) is 59.4 Å². The van der Waals surface area contributed by atoms with Gasteiger partial charge in [0, 0.05) is 18.2 Å². The third-order valence-corrected chi connectivity index (χ3v) is 4.16. The van der Waals surface area contributed by atoms with Crippen LogP contribution in [0.2, 0.25) is 10.2 Å². The number of hydrogen-bond acceptors (Lipinski definition) is 4. The van der Waals surface area contributed by atoms with Gasteiger partial charge in [0.05, 0.1) is 11.6 Å². The fourth-order valence-corrected chi connectivity index (χ4v) is 2.81. The van der Waals surface area contributed by atoms with E-state index in [2.05, 4.69) is 4.98 Å². The van der Waals surface area contributed by atoms with Crippen LogP contribution in [0.1, 0.15) is 27.9 Å². The van der Waals surface area contributed by atoms with E-state index in [0.29, 0.717) is 40.7 Å². The van der Waals surface area contributed by atoms with Crippen LogP contribution in [0.15, 0.2) is 30.5 Å². The van der Waals surface area contributed by atoms with Gasteiger partial charge < -0.3 is 9.68 Å². The fourth-order valence-electron chi connectivity index (χ4n) is 2.41. The number of aryl methyl sites for hydroxylation is 1. The lowest BCUT2D eigenvalue weighted by Gasteiger charge is -2.07. The molecule has 0 saturated carbocycles. The summed E-state index contributed by atoms with van der Waals surface area (Å²) >= 11 is 11.9. The molecular weight excluding hydrogens is 324 g/mol. The van der Waals surface area contributed by atoms with Crippen LogP contribution < -0.4 is 5.46 Å². The number of aromatic nitrogens is 1. The van der Waals surface area contributed by atoms with Crippen molar-refractivity contribution in [3.8, 4) is 0 Å². The number of carbonyl (C=O) groups is 1. The highest BCUT2D eigenvalue weighted by molar-refractivity contribution is 6.61. The summed E-state index contributed by atoms with van der Waals surface area (Å²) in [6.07, 6.45) is 2.51. The molecule has 4 nitrogen and oxygen atoms in total. The number of ketones is 1. The van der Waals surface area contributed by atoms with E-state index in [0.717, 1.165) is 11.1 Å². The van der Waals surface area contributed by atoms with Gasteiger partial charge in [-0.25, -0.2) is 4.98 Å². The molecule has 1 aliphatic rings. The van der Waals surface area contributed by atoms with E-state index in [1.54, 1.807) is 24.4 Å². The molecule has 1 aromatic carbocycles. The van der Waals surface area contributed by atoms with Crippen molar-refractivity contribution in [3.05, 3.63) is 57.3 Å². The highest BCUT2D eigenvalue weighted by Crippen LogP contribution is 2.22. The van der Waals surface area contributed by atoms with E-state index in [1.807, 2.05) is 6.07 Å². The van der Waals surface area contributed by atoms with Crippen LogP contribution in [0, 0.1) is 0 Å². The van der Waals surface area contributed by atoms with Crippen LogP contribution in [0.5, 0.6) is 0 Å². The number of fused-ring (bicyclic) bond motifs is 1. The minimum atomic E-state index is -0.987. The molecule has 7 heteroatoms. The summed E-state index contributed by atoms with van der Waals surface area (Å²) in [4.78, 5) is 16.3. The molecule has 2 heterocycles. The van der Waals surface area contributed by atoms with Gasteiger partial charge in [0.25, 0.3) is 0 Å². The van der Waals surface area contributed by atoms with E-state index in [-0.39, 0.29) is 5.78 Å². The summed E-state index contributed by atoms with van der Waals surface area (Å²) in [6, 6.07) is 6.84. The number of pyridine rings is 1. The lowest BCUT2D eigenvalue weighted by Crippen LogP contribution is -2.29. The van der Waals surface area contributed by atoms with Crippen LogP contribution in [0.3, 0.4) is 0 Å². The maximum absolute atomic E-state index is 12.4. The van der Waals surface area contributed by atoms with Crippen molar-refractivity contribution >= 4 is 41.6 Å². The van der Waals surface area contributed by atoms with Crippen molar-refractivity contribution < 1.29 is 14.5 Å². The minimum Gasteiger partial charge on any atom is -0.423 e. The highest BCUT2D eigenvalue weighted by atomic mass is 35.5. The van der Waals surface area contributed by atoms with Gasteiger partial charge in [0.2, 0.25) is 0 Å². The summed E-state index contributed by atoms with van der Waals surface area (Å²) in [7, 11) is -0.987. The minimum absolute atomic E-state index is 0.0816. The number of carbonyl (C=O) groups excluding carboxylic acids is 1. The molecule has 0 radical (unpaired) electrons. The summed E-state index contributed by atoms with van der Waals surface area (Å²) in [5, 5.41) is 10.5. The van der Waals surface area contributed by atoms with Crippen molar-refractivity contribution in [2.75, 3.05) is 0 Å². The third kappa shape index (κ3) is 3.18. The first-order valence-corrected chi connectivity index (χ1v) is 7.56. The molecule has 1 aromatic heterocycles. The number of rotatable bonds is 4. The van der Waals surface area contributed by atoms with Gasteiger partial charge in [-0.2, -0.15) is 0 Å². The average molecular weight is 336 g/mol. The fraction of sp³-hybridized carbons (Fsp3) is 0.200. The molecule has 0 spiro atoms. The van der Waals surface area contributed by atoms with Crippen LogP contribution >= 0.6 is 23.2 Å². The Labute approximate surface area is 138 Å². The number of Topliss-reactive ketones (excluding diaryl/α,β-unsaturated/α-hetero) is 1. The lowest BCUT2D eigenvalue weighted by molar-refractivity contribution is 0.0983. The van der Waals surface area contributed by atoms with Crippen molar-refractivity contribution in [1.29, 1.82) is 0 Å². The Balaban J connectivity index is 1.75. The second kappa shape index (κ2) is 6.38. The first kappa shape index (κ1) is 15.5. The molecule has 1 aliphatic heterocycles. The molecule has 0 bridgehead atoms. The second-order valence-corrected chi connectivity index (χ2v) is 5.90. The number of halogens is 2. The van der Waals surface area contributed by atoms with Gasteiger partial charge in [0.1, 0.15) is 5.15 Å². The molecular formula is C15H12BCl2NO3. The Morgan fingerprint density at radius 2 is 2.18 bits per heavy atom. The monoisotopic (exact) mass is 335 g/mol. The molecule has 1 N–H and O–H groups in total. The average Bonchev–Trinajstić information content (AvgIpc) is 2.86. The van der Waals surface area contributed by atoms with Crippen molar-refractivity contribution in [1.82, 2.24) is 4.98 Å². The summed E-state index contributed by atoms with van der Waals surface area (Å²) in [5.74, 6) is -0.0816. The van der Waals surface area contributed by atoms with Gasteiger partial charge in [-0.15, -0.1) is 0 Å². The first-order valence-electron chi connectivity index (χ1n) is 6.80. The quantitative estimate of drug-likeness (QED) is 0.529. The highest BCUT2D eigenvalue weighted by Gasteiger charge is 2.29. The summed E-state index contributed by atoms with van der Waals surface area (Å²) in [5.41, 5.74) is 2.77. The van der Waals surface area contributed by atoms with E-state index >= 15 is 0 Å². The van der Waals surface area contributed by atoms with E-state index in [1.165, 1.54) is 0 Å². The smallest absolute Gasteiger partial charge is 0.423 e. The lowest BCUT2D eigenvalue weighted by atomic mass is 9.78. The molecule has 112 valence electrons. The zero-order valence-electron chi connectivity index (χ0n) is 11.6. The Hall–Kier alpha value is -1.40. The molecule has 0 atom stereocenters. The Morgan fingerprint density at radius 3 is 2.91 bits per heavy atom. The van der Waals surface area contributed by atoms with Gasteiger partial charge in [-0.05, 0) is 41.2 Å². The molecule has 0 saturated heterocycles. The summed E-state index contributed by atoms with van der Waals surface area (Å²) < 4.78 is 5.12. The molecule has 2 aromatic rings. The maximum Gasteiger partial charge on any atom is 0.491 e. The van der Waals surface area contributed by atoms with Crippen molar-refractivity contribution in [2.45, 2.75) is 19.4 Å². The molecule has 3 rings (SSSR count). The first-order chi connectivity index (χ1) is 10.5. The zero-order valence-corrected chi connectivity index (χ0v) is 13.1. The molecule has 0 aliphatic carbocycles. The van der Waals surface area contributed by atoms with Crippen LogP contribution in [0.4, 0.5) is 0 Å². The standard InChI is InChI=1S/C15H12BCl2NO3/c17-13-5-10-8-22-16(21)12(10)6-11(13)14(20)3-1-9-2-4-15(18)19-7-9/h2,4-7,21H,1,3,8H2. The predicted octanol–water partition coefficient (Wildman–Crippen LogP) is 2.42. The largest absolute Gasteiger partial charge is 0.491 e. The second-order valence-electron chi connectivity index (χ2n) is 5.11. The Morgan fingerprint density at radius 1 is 1.36 bits per heavy atom. The molecule has 0 unspecified atom stereocenters. The van der Waals surface area contributed by atoms with E-state index < -0.39 is 7.12 Å². The van der Waals surface area contributed by atoms with Crippen LogP contribution in [-0.4, -0.2) is 22.9 Å². The SMILES string of the molecule is O=C(CCc1ccc(Cl)nc1)c1cc2c(cc1Cl)COB2O. The van der Waals surface area contributed by atoms with Gasteiger partial charge in [-0.1, -0.05) is 29.3 Å². The van der Waals surface area contributed by atoms with Crippen LogP contribution in [-0.2, 0) is 17.7 Å². The van der Waals surface area contributed by atoms with E-state index in [9.17, 15) is 9.82 Å². The Bertz CT molecular complexity index is 721. The zero-order chi connectivity index (χ0) is 15.7. The van der Waals surface area contributed by atoms with Crippen LogP contribution in [0.25, 0.3) is 0 Å². The van der Waals surface area contributed by atoms with E-state index in [4.69, 9.17) is 27.9 Å². The number of nitrogens with zero attached hydrogens (tertiary/aromatic N) is 1. The van der Waals surface area contributed by atoms with Gasteiger partial charge in [-0.3, -0.25) is 4.79 Å². The number of benzene rings is 1. The van der Waals surface area contributed by atoms with Crippen molar-refractivity contribution in [2.24, 2.45) is 0 Å². The van der Waals surface area contributed by atoms with Gasteiger partial charge in [0.15, 0.2) is 5.78 Å². The molecule has 0 fully saturated rings. The predicted molar refractivity (Wildman–Crippen MR) is 85.7 cm³/mol. The van der Waals surface area contributed by atoms with Crippen molar-refractivity contribution in [3.63, 3.8) is 0 Å². The molecule has 22 heavy (non-hydrogen) atoms. The van der Waals surface area contributed by atoms with Gasteiger partial charge >= 0.3 is 7.12 Å². The summed E-state index contributed by atoms with van der Waals surface area (Å²) in [6.45, 7) is 0.307. The third-order valence-electron chi connectivity index (χ3n) is 3.62. The Kier molecular flexibility index (Phi) is 4.50.